The molecule has 0 aliphatic carbocycles. The SMILES string of the molecule is CCc1nc(N(CCC(C)C)C(=O)OCc2ccccc2)nc2ccc(-c3ccncc3OC)cc12. The number of amides is 1. The number of nitrogens with zero attached hydrogens (tertiary/aromatic N) is 4. The number of carbonyl (C=O) groups excluding carboxylic acids is 1. The average molecular weight is 485 g/mol. The first-order valence-corrected chi connectivity index (χ1v) is 12.3. The van der Waals surface area contributed by atoms with Crippen molar-refractivity contribution < 1.29 is 14.3 Å². The van der Waals surface area contributed by atoms with Crippen molar-refractivity contribution in [3.05, 3.63) is 78.2 Å². The molecular weight excluding hydrogens is 452 g/mol. The summed E-state index contributed by atoms with van der Waals surface area (Å²) in [6.45, 7) is 6.98. The number of benzene rings is 2. The lowest BCUT2D eigenvalue weighted by Crippen LogP contribution is -2.34. The zero-order chi connectivity index (χ0) is 25.5. The smallest absolute Gasteiger partial charge is 0.417 e. The molecule has 2 aromatic carbocycles. The van der Waals surface area contributed by atoms with Crippen LogP contribution >= 0.6 is 0 Å². The van der Waals surface area contributed by atoms with E-state index in [4.69, 9.17) is 19.4 Å². The minimum Gasteiger partial charge on any atom is -0.494 e. The van der Waals surface area contributed by atoms with Crippen LogP contribution in [0.2, 0.25) is 0 Å². The molecule has 4 aromatic rings. The summed E-state index contributed by atoms with van der Waals surface area (Å²) in [5.41, 5.74) is 4.52. The Hall–Kier alpha value is -4.00. The second kappa shape index (κ2) is 11.6. The molecule has 0 radical (unpaired) electrons. The van der Waals surface area contributed by atoms with Crippen molar-refractivity contribution in [3.8, 4) is 16.9 Å². The van der Waals surface area contributed by atoms with Gasteiger partial charge in [-0.2, -0.15) is 0 Å². The Labute approximate surface area is 212 Å². The van der Waals surface area contributed by atoms with Gasteiger partial charge in [0.25, 0.3) is 0 Å². The van der Waals surface area contributed by atoms with Crippen molar-refractivity contribution in [1.29, 1.82) is 0 Å². The normalized spacial score (nSPS) is 11.0. The number of anilines is 1. The van der Waals surface area contributed by atoms with Crippen molar-refractivity contribution in [1.82, 2.24) is 15.0 Å². The molecule has 0 atom stereocenters. The highest BCUT2D eigenvalue weighted by atomic mass is 16.6. The Balaban J connectivity index is 1.69. The Morgan fingerprint density at radius 3 is 2.58 bits per heavy atom. The van der Waals surface area contributed by atoms with Crippen LogP contribution in [-0.4, -0.2) is 34.7 Å². The van der Waals surface area contributed by atoms with Crippen LogP contribution in [0.5, 0.6) is 5.75 Å². The van der Waals surface area contributed by atoms with Gasteiger partial charge in [-0.25, -0.2) is 19.7 Å². The molecular formula is C29H32N4O3. The largest absolute Gasteiger partial charge is 0.494 e. The first-order valence-electron chi connectivity index (χ1n) is 12.3. The van der Waals surface area contributed by atoms with Gasteiger partial charge in [0.2, 0.25) is 5.95 Å². The predicted octanol–water partition coefficient (Wildman–Crippen LogP) is 6.45. The molecule has 0 saturated heterocycles. The quantitative estimate of drug-likeness (QED) is 0.272. The lowest BCUT2D eigenvalue weighted by Gasteiger charge is -2.22. The Kier molecular flexibility index (Phi) is 8.10. The number of aromatic nitrogens is 3. The standard InChI is InChI=1S/C29H32N4O3/c1-5-25-24-17-22(23-13-15-30-18-27(23)35-4)11-12-26(24)32-28(31-25)33(16-14-20(2)3)29(34)36-19-21-9-7-6-8-10-21/h6-13,15,17-18,20H,5,14,16,19H2,1-4H3. The fraction of sp³-hybridized carbons (Fsp3) is 0.310. The van der Waals surface area contributed by atoms with Crippen LogP contribution in [-0.2, 0) is 17.8 Å². The van der Waals surface area contributed by atoms with Crippen LogP contribution < -0.4 is 9.64 Å². The lowest BCUT2D eigenvalue weighted by molar-refractivity contribution is 0.146. The van der Waals surface area contributed by atoms with Crippen molar-refractivity contribution in [2.24, 2.45) is 5.92 Å². The van der Waals surface area contributed by atoms with E-state index in [9.17, 15) is 4.79 Å². The Morgan fingerprint density at radius 1 is 1.06 bits per heavy atom. The molecule has 7 heteroatoms. The van der Waals surface area contributed by atoms with E-state index in [0.717, 1.165) is 39.7 Å². The van der Waals surface area contributed by atoms with E-state index in [1.54, 1.807) is 24.4 Å². The first kappa shape index (κ1) is 25.1. The molecule has 0 saturated carbocycles. The lowest BCUT2D eigenvalue weighted by atomic mass is 10.0. The third-order valence-electron chi connectivity index (χ3n) is 6.01. The van der Waals surface area contributed by atoms with E-state index < -0.39 is 6.09 Å². The summed E-state index contributed by atoms with van der Waals surface area (Å²) in [6, 6.07) is 17.6. The third-order valence-corrected chi connectivity index (χ3v) is 6.01. The maximum atomic E-state index is 13.2. The van der Waals surface area contributed by atoms with Crippen molar-refractivity contribution in [2.75, 3.05) is 18.6 Å². The number of hydrogen-bond donors (Lipinski definition) is 0. The van der Waals surface area contributed by atoms with Gasteiger partial charge in [-0.3, -0.25) is 4.98 Å². The molecule has 0 aliphatic rings. The molecule has 0 fully saturated rings. The third kappa shape index (κ3) is 5.79. The van der Waals surface area contributed by atoms with Gasteiger partial charge in [0.05, 0.1) is 24.5 Å². The monoisotopic (exact) mass is 484 g/mol. The van der Waals surface area contributed by atoms with Gasteiger partial charge in [-0.1, -0.05) is 57.2 Å². The molecule has 0 unspecified atom stereocenters. The van der Waals surface area contributed by atoms with E-state index in [1.165, 1.54) is 0 Å². The number of methoxy groups -OCH3 is 1. The topological polar surface area (TPSA) is 77.4 Å². The van der Waals surface area contributed by atoms with Gasteiger partial charge in [-0.15, -0.1) is 0 Å². The molecule has 2 aromatic heterocycles. The first-order chi connectivity index (χ1) is 17.5. The number of aryl methyl sites for hydroxylation is 1. The maximum Gasteiger partial charge on any atom is 0.417 e. The van der Waals surface area contributed by atoms with Crippen molar-refractivity contribution in [2.45, 2.75) is 40.2 Å². The molecule has 0 N–H and O–H groups in total. The minimum atomic E-state index is -0.445. The van der Waals surface area contributed by atoms with E-state index in [-0.39, 0.29) is 6.61 Å². The van der Waals surface area contributed by atoms with Crippen LogP contribution in [0.4, 0.5) is 10.7 Å². The van der Waals surface area contributed by atoms with Gasteiger partial charge in [0.1, 0.15) is 12.4 Å². The fourth-order valence-electron chi connectivity index (χ4n) is 3.97. The number of rotatable bonds is 9. The van der Waals surface area contributed by atoms with Crippen LogP contribution in [0.3, 0.4) is 0 Å². The number of hydrogen-bond acceptors (Lipinski definition) is 6. The van der Waals surface area contributed by atoms with Gasteiger partial charge in [0, 0.05) is 23.7 Å². The van der Waals surface area contributed by atoms with Crippen LogP contribution in [0, 0.1) is 5.92 Å². The van der Waals surface area contributed by atoms with Crippen LogP contribution in [0.15, 0.2) is 67.0 Å². The minimum absolute atomic E-state index is 0.198. The van der Waals surface area contributed by atoms with E-state index in [0.29, 0.717) is 30.6 Å². The molecule has 0 spiro atoms. The summed E-state index contributed by atoms with van der Waals surface area (Å²) >= 11 is 0. The molecule has 186 valence electrons. The molecule has 0 bridgehead atoms. The predicted molar refractivity (Wildman–Crippen MR) is 142 cm³/mol. The van der Waals surface area contributed by atoms with E-state index >= 15 is 0 Å². The fourth-order valence-corrected chi connectivity index (χ4v) is 3.97. The summed E-state index contributed by atoms with van der Waals surface area (Å²) in [5.74, 6) is 1.49. The molecule has 1 amide bonds. The molecule has 2 heterocycles. The highest BCUT2D eigenvalue weighted by molar-refractivity contribution is 5.91. The number of ether oxygens (including phenoxy) is 2. The molecule has 7 nitrogen and oxygen atoms in total. The molecule has 4 rings (SSSR count). The zero-order valence-electron chi connectivity index (χ0n) is 21.3. The molecule has 36 heavy (non-hydrogen) atoms. The summed E-state index contributed by atoms with van der Waals surface area (Å²) in [7, 11) is 1.64. The highest BCUT2D eigenvalue weighted by Gasteiger charge is 2.22. The van der Waals surface area contributed by atoms with Crippen LogP contribution in [0.1, 0.15) is 38.4 Å². The zero-order valence-corrected chi connectivity index (χ0v) is 21.3. The molecule has 0 aliphatic heterocycles. The summed E-state index contributed by atoms with van der Waals surface area (Å²) in [5, 5.41) is 0.944. The van der Waals surface area contributed by atoms with Crippen LogP contribution in [0.25, 0.3) is 22.0 Å². The summed E-state index contributed by atoms with van der Waals surface area (Å²) < 4.78 is 11.1. The van der Waals surface area contributed by atoms with Gasteiger partial charge < -0.3 is 9.47 Å². The highest BCUT2D eigenvalue weighted by Crippen LogP contribution is 2.32. The van der Waals surface area contributed by atoms with E-state index in [2.05, 4.69) is 31.8 Å². The van der Waals surface area contributed by atoms with E-state index in [1.807, 2.05) is 48.5 Å². The number of pyridine rings is 1. The van der Waals surface area contributed by atoms with Gasteiger partial charge >= 0.3 is 6.09 Å². The summed E-state index contributed by atoms with van der Waals surface area (Å²) in [4.78, 5) is 28.5. The second-order valence-corrected chi connectivity index (χ2v) is 9.01. The summed E-state index contributed by atoms with van der Waals surface area (Å²) in [6.07, 6.45) is 4.51. The number of fused-ring (bicyclic) bond motifs is 1. The Morgan fingerprint density at radius 2 is 1.86 bits per heavy atom. The van der Waals surface area contributed by atoms with Crippen molar-refractivity contribution in [3.63, 3.8) is 0 Å². The Bertz CT molecular complexity index is 1320. The maximum absolute atomic E-state index is 13.2. The van der Waals surface area contributed by atoms with Crippen molar-refractivity contribution >= 4 is 22.9 Å². The van der Waals surface area contributed by atoms with Gasteiger partial charge in [-0.05, 0) is 48.1 Å². The second-order valence-electron chi connectivity index (χ2n) is 9.01. The number of carbonyl (C=O) groups is 1. The average Bonchev–Trinajstić information content (AvgIpc) is 2.91. The van der Waals surface area contributed by atoms with Gasteiger partial charge in [0.15, 0.2) is 0 Å².